The molecule has 1 amide bonds. The maximum atomic E-state index is 12.0. The van der Waals surface area contributed by atoms with E-state index >= 15 is 0 Å². The van der Waals surface area contributed by atoms with Crippen molar-refractivity contribution >= 4 is 29.2 Å². The molecular weight excluding hydrogens is 348 g/mol. The van der Waals surface area contributed by atoms with Gasteiger partial charge in [0.1, 0.15) is 22.2 Å². The summed E-state index contributed by atoms with van der Waals surface area (Å²) in [4.78, 5) is 25.8. The molecule has 0 aliphatic heterocycles. The number of pyridine rings is 2. The summed E-state index contributed by atoms with van der Waals surface area (Å²) in [6, 6.07) is 5.55. The van der Waals surface area contributed by atoms with Crippen LogP contribution in [0, 0.1) is 17.9 Å². The summed E-state index contributed by atoms with van der Waals surface area (Å²) in [5.74, 6) is -0.0677. The maximum absolute atomic E-state index is 12.0. The van der Waals surface area contributed by atoms with Crippen molar-refractivity contribution in [3.8, 4) is 6.07 Å². The van der Waals surface area contributed by atoms with E-state index in [1.54, 1.807) is 43.5 Å². The number of primary amides is 1. The van der Waals surface area contributed by atoms with Crippen molar-refractivity contribution in [3.63, 3.8) is 0 Å². The van der Waals surface area contributed by atoms with E-state index in [0.717, 1.165) is 11.8 Å². The lowest BCUT2D eigenvalue weighted by atomic mass is 10.1. The number of carbonyl (C=O) groups is 1. The smallest absolute Gasteiger partial charge is 0.235 e. The van der Waals surface area contributed by atoms with Gasteiger partial charge < -0.3 is 10.6 Å². The Morgan fingerprint density at radius 3 is 2.58 bits per heavy atom. The lowest BCUT2D eigenvalue weighted by Crippen LogP contribution is -2.20. The van der Waals surface area contributed by atoms with Crippen molar-refractivity contribution in [1.29, 1.82) is 5.26 Å². The van der Waals surface area contributed by atoms with Crippen LogP contribution in [0.2, 0.25) is 0 Å². The Hall–Kier alpha value is -3.10. The third-order valence-corrected chi connectivity index (χ3v) is 4.98. The van der Waals surface area contributed by atoms with Crippen LogP contribution in [0.5, 0.6) is 0 Å². The zero-order chi connectivity index (χ0) is 19.3. The molecule has 2 N–H and O–H groups in total. The van der Waals surface area contributed by atoms with Crippen LogP contribution in [0.4, 0.5) is 11.5 Å². The lowest BCUT2D eigenvalue weighted by Gasteiger charge is -2.20. The Balaban J connectivity index is 2.65. The Morgan fingerprint density at radius 2 is 2.12 bits per heavy atom. The summed E-state index contributed by atoms with van der Waals surface area (Å²) in [7, 11) is 3.57. The molecule has 132 valence electrons. The van der Waals surface area contributed by atoms with Gasteiger partial charge in [0.25, 0.3) is 0 Å². The Labute approximate surface area is 156 Å². The highest BCUT2D eigenvalue weighted by atomic mass is 32.2. The maximum Gasteiger partial charge on any atom is 0.235 e. The standard InChI is InChI=1S/C18H18N6OS/c1-5-12-13(10-19)18(23-17(24(3)4)14(12)21-2)26-15(16(20)25)11-6-8-22-9-7-11/h6-9,15H,5H2,1,3-4H3,(H2,20,25). The second-order valence-corrected chi connectivity index (χ2v) is 6.69. The van der Waals surface area contributed by atoms with Crippen molar-refractivity contribution in [2.24, 2.45) is 5.73 Å². The topological polar surface area (TPSA) is 100 Å². The molecule has 0 aromatic carbocycles. The first-order chi connectivity index (χ1) is 12.4. The van der Waals surface area contributed by atoms with Crippen LogP contribution >= 0.6 is 11.8 Å². The SMILES string of the molecule is [C-]#[N+]c1c(N(C)C)nc(SC(C(N)=O)c2ccncc2)c(C#N)c1CC. The van der Waals surface area contributed by atoms with Gasteiger partial charge >= 0.3 is 0 Å². The third-order valence-electron chi connectivity index (χ3n) is 3.72. The van der Waals surface area contributed by atoms with Gasteiger partial charge in [-0.25, -0.2) is 9.83 Å². The van der Waals surface area contributed by atoms with Crippen LogP contribution in [-0.2, 0) is 11.2 Å². The quantitative estimate of drug-likeness (QED) is 0.623. The summed E-state index contributed by atoms with van der Waals surface area (Å²) in [6.45, 7) is 9.35. The molecule has 0 aliphatic rings. The van der Waals surface area contributed by atoms with Gasteiger partial charge in [0.05, 0.1) is 12.1 Å². The molecule has 0 radical (unpaired) electrons. The molecule has 26 heavy (non-hydrogen) atoms. The second kappa shape index (κ2) is 8.32. The number of rotatable bonds is 6. The average Bonchev–Trinajstić information content (AvgIpc) is 2.64. The van der Waals surface area contributed by atoms with Gasteiger partial charge in [-0.3, -0.25) is 9.78 Å². The van der Waals surface area contributed by atoms with E-state index in [0.29, 0.717) is 39.6 Å². The van der Waals surface area contributed by atoms with Crippen molar-refractivity contribution in [2.75, 3.05) is 19.0 Å². The first kappa shape index (κ1) is 19.2. The fourth-order valence-electron chi connectivity index (χ4n) is 2.50. The molecule has 0 fully saturated rings. The van der Waals surface area contributed by atoms with Gasteiger partial charge in [0, 0.05) is 26.5 Å². The fourth-order valence-corrected chi connectivity index (χ4v) is 3.56. The molecule has 0 spiro atoms. The first-order valence-electron chi connectivity index (χ1n) is 7.82. The van der Waals surface area contributed by atoms with Gasteiger partial charge in [0.2, 0.25) is 11.6 Å². The summed E-state index contributed by atoms with van der Waals surface area (Å²) in [5.41, 5.74) is 7.57. The van der Waals surface area contributed by atoms with Gasteiger partial charge in [-0.2, -0.15) is 5.26 Å². The molecule has 0 aliphatic carbocycles. The van der Waals surface area contributed by atoms with Crippen molar-refractivity contribution in [1.82, 2.24) is 9.97 Å². The number of carbonyl (C=O) groups excluding carboxylic acids is 1. The molecule has 1 unspecified atom stereocenters. The lowest BCUT2D eigenvalue weighted by molar-refractivity contribution is -0.117. The van der Waals surface area contributed by atoms with Crippen LogP contribution in [0.1, 0.15) is 28.9 Å². The first-order valence-corrected chi connectivity index (χ1v) is 8.70. The number of hydrogen-bond donors (Lipinski definition) is 1. The Kier molecular flexibility index (Phi) is 6.16. The van der Waals surface area contributed by atoms with Crippen LogP contribution in [0.25, 0.3) is 4.85 Å². The second-order valence-electron chi connectivity index (χ2n) is 5.60. The van der Waals surface area contributed by atoms with E-state index in [9.17, 15) is 10.1 Å². The van der Waals surface area contributed by atoms with E-state index in [1.165, 1.54) is 0 Å². The average molecular weight is 366 g/mol. The molecule has 8 heteroatoms. The van der Waals surface area contributed by atoms with Gasteiger partial charge in [-0.1, -0.05) is 18.7 Å². The Morgan fingerprint density at radius 1 is 1.46 bits per heavy atom. The van der Waals surface area contributed by atoms with Crippen molar-refractivity contribution in [3.05, 3.63) is 52.6 Å². The van der Waals surface area contributed by atoms with E-state index in [4.69, 9.17) is 12.3 Å². The van der Waals surface area contributed by atoms with Gasteiger partial charge in [-0.15, -0.1) is 0 Å². The molecule has 1 atom stereocenters. The molecular formula is C18H18N6OS. The van der Waals surface area contributed by atoms with Crippen LogP contribution in [0.3, 0.4) is 0 Å². The number of hydrogen-bond acceptors (Lipinski definition) is 6. The highest BCUT2D eigenvalue weighted by molar-refractivity contribution is 8.00. The third kappa shape index (κ3) is 3.76. The number of nitrogens with two attached hydrogens (primary N) is 1. The molecule has 0 bridgehead atoms. The van der Waals surface area contributed by atoms with Gasteiger partial charge in [-0.05, 0) is 29.7 Å². The summed E-state index contributed by atoms with van der Waals surface area (Å²) in [6.07, 6.45) is 3.67. The largest absolute Gasteiger partial charge is 0.371 e. The molecule has 2 heterocycles. The van der Waals surface area contributed by atoms with Crippen molar-refractivity contribution < 1.29 is 4.79 Å². The van der Waals surface area contributed by atoms with E-state index < -0.39 is 11.2 Å². The molecule has 0 saturated heterocycles. The highest BCUT2D eigenvalue weighted by Crippen LogP contribution is 2.41. The minimum absolute atomic E-state index is 0.314. The predicted molar refractivity (Wildman–Crippen MR) is 101 cm³/mol. The fraction of sp³-hybridized carbons (Fsp3) is 0.278. The van der Waals surface area contributed by atoms with Crippen LogP contribution < -0.4 is 10.6 Å². The highest BCUT2D eigenvalue weighted by Gasteiger charge is 2.26. The molecule has 7 nitrogen and oxygen atoms in total. The molecule has 0 saturated carbocycles. The minimum Gasteiger partial charge on any atom is -0.371 e. The molecule has 2 aromatic rings. The molecule has 2 aromatic heterocycles. The number of nitrogens with zero attached hydrogens (tertiary/aromatic N) is 5. The number of aromatic nitrogens is 2. The monoisotopic (exact) mass is 366 g/mol. The van der Waals surface area contributed by atoms with Crippen molar-refractivity contribution in [2.45, 2.75) is 23.6 Å². The summed E-state index contributed by atoms with van der Waals surface area (Å²) in [5, 5.41) is 9.33. The number of anilines is 1. The summed E-state index contributed by atoms with van der Waals surface area (Å²) >= 11 is 1.12. The van der Waals surface area contributed by atoms with Gasteiger partial charge in [0.15, 0.2) is 0 Å². The normalized spacial score (nSPS) is 11.3. The number of amides is 1. The zero-order valence-corrected chi connectivity index (χ0v) is 15.5. The number of thioether (sulfide) groups is 1. The Bertz CT molecular complexity index is 899. The predicted octanol–water partition coefficient (Wildman–Crippen LogP) is 2.85. The molecule has 2 rings (SSSR count). The van der Waals surface area contributed by atoms with Crippen LogP contribution in [0.15, 0.2) is 29.6 Å². The summed E-state index contributed by atoms with van der Waals surface area (Å²) < 4.78 is 0. The number of nitriles is 1. The van der Waals surface area contributed by atoms with Crippen LogP contribution in [-0.4, -0.2) is 30.0 Å². The zero-order valence-electron chi connectivity index (χ0n) is 14.7. The minimum atomic E-state index is -0.712. The van der Waals surface area contributed by atoms with E-state index in [1.807, 2.05) is 6.92 Å². The van der Waals surface area contributed by atoms with E-state index in [-0.39, 0.29) is 0 Å². The van der Waals surface area contributed by atoms with E-state index in [2.05, 4.69) is 20.9 Å².